The zero-order valence-corrected chi connectivity index (χ0v) is 16.2. The van der Waals surface area contributed by atoms with Crippen LogP contribution in [-0.2, 0) is 0 Å². The third-order valence-corrected chi connectivity index (χ3v) is 6.56. The van der Waals surface area contributed by atoms with Gasteiger partial charge in [-0.15, -0.1) is 11.3 Å². The van der Waals surface area contributed by atoms with E-state index in [-0.39, 0.29) is 5.63 Å². The number of thiazole rings is 1. The number of nitrogens with zero attached hydrogens (tertiary/aromatic N) is 2. The molecular weight excluding hydrogens is 356 g/mol. The Labute approximate surface area is 161 Å². The van der Waals surface area contributed by atoms with Gasteiger partial charge < -0.3 is 9.32 Å². The number of hydrogen-bond acceptors (Lipinski definition) is 5. The van der Waals surface area contributed by atoms with E-state index in [1.54, 1.807) is 0 Å². The molecule has 0 bridgehead atoms. The quantitative estimate of drug-likeness (QED) is 0.439. The molecule has 0 fully saturated rings. The summed E-state index contributed by atoms with van der Waals surface area (Å²) in [5.74, 6) is 0.505. The Morgan fingerprint density at radius 2 is 2.11 bits per heavy atom. The molecule has 4 aromatic rings. The summed E-state index contributed by atoms with van der Waals surface area (Å²) in [5, 5.41) is 1.68. The van der Waals surface area contributed by atoms with Crippen molar-refractivity contribution in [1.29, 1.82) is 0 Å². The van der Waals surface area contributed by atoms with E-state index in [0.717, 1.165) is 35.1 Å². The Hall–Kier alpha value is -2.66. The van der Waals surface area contributed by atoms with Crippen molar-refractivity contribution in [3.8, 4) is 10.6 Å². The zero-order valence-electron chi connectivity index (χ0n) is 15.4. The number of rotatable bonds is 2. The lowest BCUT2D eigenvalue weighted by Gasteiger charge is -2.33. The highest BCUT2D eigenvalue weighted by atomic mass is 32.1. The molecule has 0 N–H and O–H groups in total. The molecule has 5 rings (SSSR count). The van der Waals surface area contributed by atoms with Crippen molar-refractivity contribution in [3.05, 3.63) is 58.4 Å². The fourth-order valence-electron chi connectivity index (χ4n) is 3.93. The molecule has 2 aromatic carbocycles. The molecular formula is C22H20N2O2S. The van der Waals surface area contributed by atoms with Crippen molar-refractivity contribution >= 4 is 38.2 Å². The normalized spacial score (nSPS) is 16.8. The Morgan fingerprint density at radius 3 is 2.93 bits per heavy atom. The van der Waals surface area contributed by atoms with Gasteiger partial charge in [-0.25, -0.2) is 9.78 Å². The van der Waals surface area contributed by atoms with Crippen LogP contribution in [0.4, 0.5) is 5.69 Å². The van der Waals surface area contributed by atoms with E-state index in [0.29, 0.717) is 22.1 Å². The van der Waals surface area contributed by atoms with Crippen LogP contribution in [0.2, 0.25) is 0 Å². The number of anilines is 1. The van der Waals surface area contributed by atoms with Gasteiger partial charge in [-0.05, 0) is 49.1 Å². The van der Waals surface area contributed by atoms with Gasteiger partial charge in [0, 0.05) is 30.2 Å². The molecule has 4 nitrogen and oxygen atoms in total. The zero-order chi connectivity index (χ0) is 18.5. The fourth-order valence-corrected chi connectivity index (χ4v) is 4.90. The van der Waals surface area contributed by atoms with Gasteiger partial charge in [-0.2, -0.15) is 0 Å². The van der Waals surface area contributed by atoms with Crippen LogP contribution in [-0.4, -0.2) is 18.1 Å². The van der Waals surface area contributed by atoms with E-state index in [4.69, 9.17) is 4.42 Å². The average molecular weight is 376 g/mol. The molecule has 1 unspecified atom stereocenters. The van der Waals surface area contributed by atoms with Gasteiger partial charge in [-0.3, -0.25) is 0 Å². The van der Waals surface area contributed by atoms with Gasteiger partial charge in [0.25, 0.3) is 0 Å². The number of hydrogen-bond donors (Lipinski definition) is 0. The van der Waals surface area contributed by atoms with Crippen molar-refractivity contribution in [2.24, 2.45) is 0 Å². The molecule has 5 heteroatoms. The standard InChI is InChI=1S/C22H20N2O2S/c1-3-24-9-8-13(2)15-10-14-11-16(22(25)26-19(14)12-18(15)24)21-23-17-6-4-5-7-20(17)27-21/h4-7,10-13H,3,8-9H2,1-2H3. The second kappa shape index (κ2) is 6.20. The minimum Gasteiger partial charge on any atom is -0.422 e. The van der Waals surface area contributed by atoms with Crippen LogP contribution in [0.3, 0.4) is 0 Å². The first kappa shape index (κ1) is 16.5. The molecule has 0 radical (unpaired) electrons. The summed E-state index contributed by atoms with van der Waals surface area (Å²) in [4.78, 5) is 19.7. The van der Waals surface area contributed by atoms with Gasteiger partial charge in [0.1, 0.15) is 10.6 Å². The van der Waals surface area contributed by atoms with Crippen LogP contribution in [0.1, 0.15) is 31.7 Å². The monoisotopic (exact) mass is 376 g/mol. The minimum atomic E-state index is -0.326. The fraction of sp³-hybridized carbons (Fsp3) is 0.273. The molecule has 0 saturated carbocycles. The second-order valence-electron chi connectivity index (χ2n) is 7.15. The lowest BCUT2D eigenvalue weighted by molar-refractivity contribution is 0.561. The van der Waals surface area contributed by atoms with E-state index < -0.39 is 0 Å². The highest BCUT2D eigenvalue weighted by molar-refractivity contribution is 7.21. The summed E-state index contributed by atoms with van der Waals surface area (Å²) < 4.78 is 6.80. The largest absolute Gasteiger partial charge is 0.422 e. The molecule has 27 heavy (non-hydrogen) atoms. The van der Waals surface area contributed by atoms with E-state index in [1.165, 1.54) is 22.6 Å². The van der Waals surface area contributed by atoms with Crippen molar-refractivity contribution in [1.82, 2.24) is 4.98 Å². The number of aromatic nitrogens is 1. The number of benzene rings is 2. The molecule has 0 spiro atoms. The summed E-state index contributed by atoms with van der Waals surface area (Å²) in [6, 6.07) is 14.1. The third-order valence-electron chi connectivity index (χ3n) is 5.49. The molecule has 3 heterocycles. The molecule has 0 saturated heterocycles. The summed E-state index contributed by atoms with van der Waals surface area (Å²) in [7, 11) is 0. The molecule has 136 valence electrons. The number of fused-ring (bicyclic) bond motifs is 3. The van der Waals surface area contributed by atoms with Crippen LogP contribution < -0.4 is 10.5 Å². The lowest BCUT2D eigenvalue weighted by atomic mass is 9.90. The number of para-hydroxylation sites is 1. The van der Waals surface area contributed by atoms with E-state index >= 15 is 0 Å². The first-order valence-corrected chi connectivity index (χ1v) is 10.2. The topological polar surface area (TPSA) is 46.3 Å². The van der Waals surface area contributed by atoms with Gasteiger partial charge in [0.15, 0.2) is 0 Å². The van der Waals surface area contributed by atoms with Crippen molar-refractivity contribution in [3.63, 3.8) is 0 Å². The SMILES string of the molecule is CCN1CCC(C)c2cc3cc(-c4nc5ccccc5s4)c(=O)oc3cc21. The predicted octanol–water partition coefficient (Wildman–Crippen LogP) is 5.40. The van der Waals surface area contributed by atoms with Crippen LogP contribution in [0.25, 0.3) is 31.8 Å². The molecule has 1 aliphatic rings. The van der Waals surface area contributed by atoms with E-state index in [2.05, 4.69) is 29.8 Å². The first-order chi connectivity index (χ1) is 13.1. The van der Waals surface area contributed by atoms with E-state index in [9.17, 15) is 4.79 Å². The lowest BCUT2D eigenvalue weighted by Crippen LogP contribution is -2.30. The van der Waals surface area contributed by atoms with E-state index in [1.807, 2.05) is 36.4 Å². The predicted molar refractivity (Wildman–Crippen MR) is 112 cm³/mol. The van der Waals surface area contributed by atoms with Crippen molar-refractivity contribution < 1.29 is 4.42 Å². The maximum atomic E-state index is 12.7. The third kappa shape index (κ3) is 2.65. The highest BCUT2D eigenvalue weighted by Crippen LogP contribution is 2.38. The average Bonchev–Trinajstić information content (AvgIpc) is 3.10. The summed E-state index contributed by atoms with van der Waals surface area (Å²) in [6.07, 6.45) is 1.15. The summed E-state index contributed by atoms with van der Waals surface area (Å²) in [6.45, 7) is 6.44. The smallest absolute Gasteiger partial charge is 0.346 e. The minimum absolute atomic E-state index is 0.326. The Kier molecular flexibility index (Phi) is 3.79. The summed E-state index contributed by atoms with van der Waals surface area (Å²) >= 11 is 1.53. The summed E-state index contributed by atoms with van der Waals surface area (Å²) in [5.41, 5.74) is 4.30. The van der Waals surface area contributed by atoms with Crippen LogP contribution in [0.15, 0.2) is 51.7 Å². The van der Waals surface area contributed by atoms with Gasteiger partial charge in [-0.1, -0.05) is 19.1 Å². The molecule has 1 aliphatic heterocycles. The molecule has 0 aliphatic carbocycles. The first-order valence-electron chi connectivity index (χ1n) is 9.36. The van der Waals surface area contributed by atoms with Gasteiger partial charge >= 0.3 is 5.63 Å². The molecule has 1 atom stereocenters. The highest BCUT2D eigenvalue weighted by Gasteiger charge is 2.23. The molecule has 2 aromatic heterocycles. The Balaban J connectivity index is 1.71. The van der Waals surface area contributed by atoms with Crippen LogP contribution in [0, 0.1) is 0 Å². The Bertz CT molecular complexity index is 1190. The van der Waals surface area contributed by atoms with Gasteiger partial charge in [0.05, 0.1) is 15.8 Å². The van der Waals surface area contributed by atoms with Crippen molar-refractivity contribution in [2.45, 2.75) is 26.2 Å². The second-order valence-corrected chi connectivity index (χ2v) is 8.18. The Morgan fingerprint density at radius 1 is 1.26 bits per heavy atom. The van der Waals surface area contributed by atoms with Gasteiger partial charge in [0.2, 0.25) is 0 Å². The van der Waals surface area contributed by atoms with Crippen LogP contribution in [0.5, 0.6) is 0 Å². The maximum Gasteiger partial charge on any atom is 0.346 e. The maximum absolute atomic E-state index is 12.7. The van der Waals surface area contributed by atoms with Crippen molar-refractivity contribution in [2.75, 3.05) is 18.0 Å². The molecule has 0 amide bonds. The van der Waals surface area contributed by atoms with Crippen LogP contribution >= 0.6 is 11.3 Å².